The smallest absolute Gasteiger partial charge is 0.410 e. The first-order valence-corrected chi connectivity index (χ1v) is 12.7. The minimum absolute atomic E-state index is 0.0265. The second-order valence-electron chi connectivity index (χ2n) is 10.3. The van der Waals surface area contributed by atoms with E-state index in [9.17, 15) is 4.79 Å². The van der Waals surface area contributed by atoms with E-state index < -0.39 is 5.60 Å². The fourth-order valence-electron chi connectivity index (χ4n) is 4.36. The van der Waals surface area contributed by atoms with Gasteiger partial charge in [0.25, 0.3) is 0 Å². The first-order chi connectivity index (χ1) is 17.6. The monoisotopic (exact) mass is 511 g/mol. The number of aryl methyl sites for hydroxylation is 1. The number of rotatable bonds is 7. The zero-order chi connectivity index (χ0) is 26.7. The molecule has 4 heterocycles. The largest absolute Gasteiger partial charge is 0.444 e. The topological polar surface area (TPSA) is 123 Å². The van der Waals surface area contributed by atoms with Gasteiger partial charge in [0.2, 0.25) is 5.95 Å². The van der Waals surface area contributed by atoms with Crippen LogP contribution in [-0.4, -0.2) is 84.7 Å². The van der Waals surface area contributed by atoms with Gasteiger partial charge in [0, 0.05) is 38.0 Å². The molecule has 3 aromatic rings. The number of piperazine rings is 1. The van der Waals surface area contributed by atoms with Gasteiger partial charge in [-0.05, 0) is 54.5 Å². The van der Waals surface area contributed by atoms with Crippen molar-refractivity contribution in [3.63, 3.8) is 0 Å². The van der Waals surface area contributed by atoms with Crippen LogP contribution in [0.1, 0.15) is 47.2 Å². The number of nitrogens with zero attached hydrogens (tertiary/aromatic N) is 8. The molecule has 1 fully saturated rings. The number of carbonyl (C=O) groups is 1. The highest BCUT2D eigenvalue weighted by atomic mass is 16.6. The third-order valence-electron chi connectivity index (χ3n) is 6.09. The number of hydrogen-bond acceptors (Lipinski definition) is 10. The molecule has 0 radical (unpaired) electrons. The SMILES string of the molecule is CCOCCn1nc(C)c2nc(N3C[C@H](C)N(C(=O)OC(C)(C)C)C[C@@H]3C)nc(Nc3ccncn3)c21. The highest BCUT2D eigenvalue weighted by molar-refractivity contribution is 5.90. The second-order valence-corrected chi connectivity index (χ2v) is 10.3. The number of fused-ring (bicyclic) bond motifs is 1. The van der Waals surface area contributed by atoms with Crippen molar-refractivity contribution in [2.24, 2.45) is 0 Å². The molecular weight excluding hydrogens is 474 g/mol. The van der Waals surface area contributed by atoms with E-state index in [1.165, 1.54) is 6.33 Å². The number of anilines is 3. The molecule has 1 saturated heterocycles. The second kappa shape index (κ2) is 10.8. The normalized spacial score (nSPS) is 18.4. The van der Waals surface area contributed by atoms with Crippen molar-refractivity contribution in [1.29, 1.82) is 0 Å². The summed E-state index contributed by atoms with van der Waals surface area (Å²) in [7, 11) is 0. The van der Waals surface area contributed by atoms with Crippen LogP contribution < -0.4 is 10.2 Å². The van der Waals surface area contributed by atoms with Crippen LogP contribution in [-0.2, 0) is 16.0 Å². The molecule has 12 nitrogen and oxygen atoms in total. The molecule has 0 spiro atoms. The summed E-state index contributed by atoms with van der Waals surface area (Å²) in [4.78, 5) is 34.9. The Balaban J connectivity index is 1.69. The molecule has 0 unspecified atom stereocenters. The molecule has 200 valence electrons. The van der Waals surface area contributed by atoms with Crippen molar-refractivity contribution < 1.29 is 14.3 Å². The Hall–Kier alpha value is -3.54. The van der Waals surface area contributed by atoms with E-state index >= 15 is 0 Å². The van der Waals surface area contributed by atoms with Crippen LogP contribution in [0.3, 0.4) is 0 Å². The van der Waals surface area contributed by atoms with E-state index in [0.29, 0.717) is 50.4 Å². The molecule has 1 N–H and O–H groups in total. The summed E-state index contributed by atoms with van der Waals surface area (Å²) in [6.07, 6.45) is 2.85. The minimum Gasteiger partial charge on any atom is -0.444 e. The van der Waals surface area contributed by atoms with Gasteiger partial charge in [0.1, 0.15) is 28.8 Å². The standard InChI is InChI=1S/C25H37N9O3/c1-8-36-12-11-34-21-20(18(4)31-34)29-23(30-22(21)28-19-9-10-26-15-27-19)32-13-17(3)33(14-16(32)2)24(35)37-25(5,6)7/h9-10,15-17H,8,11-14H2,1-7H3,(H,26,27,28,29,30)/t16-,17-/m0/s1. The van der Waals surface area contributed by atoms with Gasteiger partial charge in [-0.15, -0.1) is 0 Å². The summed E-state index contributed by atoms with van der Waals surface area (Å²) in [6, 6.07) is 1.67. The molecule has 1 amide bonds. The van der Waals surface area contributed by atoms with E-state index in [1.54, 1.807) is 17.2 Å². The molecule has 4 rings (SSSR count). The fraction of sp³-hybridized carbons (Fsp3) is 0.600. The van der Waals surface area contributed by atoms with E-state index in [2.05, 4.69) is 27.1 Å². The van der Waals surface area contributed by atoms with Gasteiger partial charge in [-0.3, -0.25) is 4.68 Å². The van der Waals surface area contributed by atoms with Crippen LogP contribution in [0.4, 0.5) is 22.4 Å². The Morgan fingerprint density at radius 1 is 1.19 bits per heavy atom. The van der Waals surface area contributed by atoms with Crippen LogP contribution in [0.25, 0.3) is 11.0 Å². The lowest BCUT2D eigenvalue weighted by atomic mass is 10.1. The van der Waals surface area contributed by atoms with Crippen molar-refractivity contribution in [1.82, 2.24) is 34.6 Å². The predicted molar refractivity (Wildman–Crippen MR) is 141 cm³/mol. The minimum atomic E-state index is -0.549. The molecule has 0 saturated carbocycles. The maximum absolute atomic E-state index is 12.8. The molecule has 0 aromatic carbocycles. The summed E-state index contributed by atoms with van der Waals surface area (Å²) in [5.74, 6) is 1.79. The molecule has 2 atom stereocenters. The predicted octanol–water partition coefficient (Wildman–Crippen LogP) is 3.54. The van der Waals surface area contributed by atoms with Crippen molar-refractivity contribution >= 4 is 34.7 Å². The molecule has 0 bridgehead atoms. The first kappa shape index (κ1) is 26.5. The Labute approximate surface area is 217 Å². The Bertz CT molecular complexity index is 1230. The van der Waals surface area contributed by atoms with E-state index in [0.717, 1.165) is 16.7 Å². The lowest BCUT2D eigenvalue weighted by molar-refractivity contribution is 0.0129. The zero-order valence-corrected chi connectivity index (χ0v) is 22.7. The van der Waals surface area contributed by atoms with E-state index in [4.69, 9.17) is 24.5 Å². The number of hydrogen-bond donors (Lipinski definition) is 1. The Kier molecular flexibility index (Phi) is 7.76. The van der Waals surface area contributed by atoms with Gasteiger partial charge in [-0.2, -0.15) is 10.1 Å². The number of amides is 1. The van der Waals surface area contributed by atoms with Crippen LogP contribution in [0, 0.1) is 6.92 Å². The summed E-state index contributed by atoms with van der Waals surface area (Å²) in [5, 5.41) is 8.06. The first-order valence-electron chi connectivity index (χ1n) is 12.7. The number of aromatic nitrogens is 6. The van der Waals surface area contributed by atoms with Gasteiger partial charge >= 0.3 is 6.09 Å². The van der Waals surface area contributed by atoms with Crippen molar-refractivity contribution in [2.75, 3.05) is 36.5 Å². The van der Waals surface area contributed by atoms with Gasteiger partial charge in [0.15, 0.2) is 5.82 Å². The average molecular weight is 512 g/mol. The third-order valence-corrected chi connectivity index (χ3v) is 6.09. The molecule has 37 heavy (non-hydrogen) atoms. The molecule has 12 heteroatoms. The molecular formula is C25H37N9O3. The molecule has 0 aliphatic carbocycles. The van der Waals surface area contributed by atoms with Gasteiger partial charge in [-0.1, -0.05) is 0 Å². The van der Waals surface area contributed by atoms with Crippen LogP contribution in [0.15, 0.2) is 18.6 Å². The van der Waals surface area contributed by atoms with Gasteiger partial charge in [0.05, 0.1) is 18.8 Å². The number of nitrogens with one attached hydrogen (secondary N) is 1. The maximum atomic E-state index is 12.8. The molecule has 1 aliphatic rings. The zero-order valence-electron chi connectivity index (χ0n) is 22.7. The molecule has 3 aromatic heterocycles. The van der Waals surface area contributed by atoms with E-state index in [1.807, 2.05) is 46.2 Å². The van der Waals surface area contributed by atoms with Crippen molar-refractivity contribution in [3.8, 4) is 0 Å². The fourth-order valence-corrected chi connectivity index (χ4v) is 4.36. The maximum Gasteiger partial charge on any atom is 0.410 e. The van der Waals surface area contributed by atoms with Crippen molar-refractivity contribution in [2.45, 2.75) is 72.7 Å². The van der Waals surface area contributed by atoms with Gasteiger partial charge < -0.3 is 24.6 Å². The highest BCUT2D eigenvalue weighted by Gasteiger charge is 2.36. The number of carbonyl (C=O) groups excluding carboxylic acids is 1. The Morgan fingerprint density at radius 3 is 2.65 bits per heavy atom. The third kappa shape index (κ3) is 6.07. The lowest BCUT2D eigenvalue weighted by Gasteiger charge is -2.44. The molecule has 1 aliphatic heterocycles. The lowest BCUT2D eigenvalue weighted by Crippen LogP contribution is -2.59. The summed E-state index contributed by atoms with van der Waals surface area (Å²) in [6.45, 7) is 16.4. The quantitative estimate of drug-likeness (QED) is 0.471. The Morgan fingerprint density at radius 2 is 1.97 bits per heavy atom. The van der Waals surface area contributed by atoms with Crippen LogP contribution in [0.2, 0.25) is 0 Å². The number of ether oxygens (including phenoxy) is 2. The van der Waals surface area contributed by atoms with Gasteiger partial charge in [-0.25, -0.2) is 19.7 Å². The summed E-state index contributed by atoms with van der Waals surface area (Å²) in [5.41, 5.74) is 1.79. The summed E-state index contributed by atoms with van der Waals surface area (Å²) >= 11 is 0. The van der Waals surface area contributed by atoms with Crippen molar-refractivity contribution in [3.05, 3.63) is 24.3 Å². The van der Waals surface area contributed by atoms with Crippen LogP contribution >= 0.6 is 0 Å². The van der Waals surface area contributed by atoms with E-state index in [-0.39, 0.29) is 18.2 Å². The van der Waals surface area contributed by atoms with Crippen LogP contribution in [0.5, 0.6) is 0 Å². The summed E-state index contributed by atoms with van der Waals surface area (Å²) < 4.78 is 13.1. The average Bonchev–Trinajstić information content (AvgIpc) is 3.15. The highest BCUT2D eigenvalue weighted by Crippen LogP contribution is 2.30.